The monoisotopic (exact) mass is 542 g/mol. The van der Waals surface area contributed by atoms with E-state index in [-0.39, 0.29) is 10.2 Å². The molecule has 27 heavy (non-hydrogen) atoms. The third-order valence-corrected chi connectivity index (χ3v) is 8.75. The van der Waals surface area contributed by atoms with E-state index in [0.29, 0.717) is 11.1 Å². The SMILES string of the molecule is C=C(C)C(=O)Sc1c(Br)cccc1Sc1cccc(Br)c1SC(=O)C(=C)C. The van der Waals surface area contributed by atoms with Crippen molar-refractivity contribution in [2.24, 2.45) is 0 Å². The highest BCUT2D eigenvalue weighted by molar-refractivity contribution is 9.10. The van der Waals surface area contributed by atoms with E-state index in [1.807, 2.05) is 36.4 Å². The number of halogens is 2. The molecule has 140 valence electrons. The van der Waals surface area contributed by atoms with E-state index < -0.39 is 0 Å². The van der Waals surface area contributed by atoms with Gasteiger partial charge in [-0.05, 0) is 105 Å². The summed E-state index contributed by atoms with van der Waals surface area (Å²) < 4.78 is 1.68. The van der Waals surface area contributed by atoms with Gasteiger partial charge in [0.2, 0.25) is 10.2 Å². The summed E-state index contributed by atoms with van der Waals surface area (Å²) in [6, 6.07) is 11.6. The lowest BCUT2D eigenvalue weighted by molar-refractivity contribution is -0.108. The minimum atomic E-state index is -0.0787. The molecule has 2 aromatic carbocycles. The minimum absolute atomic E-state index is 0.0787. The van der Waals surface area contributed by atoms with Crippen molar-refractivity contribution in [3.05, 3.63) is 69.6 Å². The van der Waals surface area contributed by atoms with Gasteiger partial charge in [-0.1, -0.05) is 37.1 Å². The smallest absolute Gasteiger partial charge is 0.219 e. The van der Waals surface area contributed by atoms with Gasteiger partial charge in [-0.3, -0.25) is 9.59 Å². The van der Waals surface area contributed by atoms with Crippen LogP contribution in [0.5, 0.6) is 0 Å². The van der Waals surface area contributed by atoms with Crippen LogP contribution in [-0.2, 0) is 9.59 Å². The molecule has 0 spiro atoms. The lowest BCUT2D eigenvalue weighted by Gasteiger charge is -2.13. The molecule has 0 amide bonds. The lowest BCUT2D eigenvalue weighted by Crippen LogP contribution is -1.95. The van der Waals surface area contributed by atoms with Gasteiger partial charge in [0.25, 0.3) is 0 Å². The summed E-state index contributed by atoms with van der Waals surface area (Å²) in [5.41, 5.74) is 0.995. The van der Waals surface area contributed by atoms with Crippen LogP contribution in [0.4, 0.5) is 0 Å². The molecule has 0 radical (unpaired) electrons. The standard InChI is InChI=1S/C20H16Br2O2S3/c1-11(2)19(23)26-17-13(21)7-5-9-15(17)25-16-10-6-8-14(22)18(16)27-20(24)12(3)4/h5-10H,1,3H2,2,4H3. The topological polar surface area (TPSA) is 34.1 Å². The van der Waals surface area contributed by atoms with Crippen molar-refractivity contribution in [1.29, 1.82) is 0 Å². The van der Waals surface area contributed by atoms with Crippen LogP contribution in [0.1, 0.15) is 13.8 Å². The number of carbonyl (C=O) groups is 2. The number of hydrogen-bond acceptors (Lipinski definition) is 5. The highest BCUT2D eigenvalue weighted by atomic mass is 79.9. The largest absolute Gasteiger partial charge is 0.282 e. The second kappa shape index (κ2) is 10.2. The molecule has 2 aromatic rings. The van der Waals surface area contributed by atoms with Crippen LogP contribution in [0.3, 0.4) is 0 Å². The van der Waals surface area contributed by atoms with Gasteiger partial charge in [0.05, 0.1) is 0 Å². The van der Waals surface area contributed by atoms with E-state index in [1.165, 1.54) is 11.8 Å². The first-order valence-electron chi connectivity index (χ1n) is 7.71. The van der Waals surface area contributed by atoms with Crippen LogP contribution in [0.25, 0.3) is 0 Å². The molecule has 2 rings (SSSR count). The summed E-state index contributed by atoms with van der Waals surface area (Å²) in [4.78, 5) is 27.9. The Bertz CT molecular complexity index is 863. The van der Waals surface area contributed by atoms with Gasteiger partial charge in [0, 0.05) is 28.5 Å². The summed E-state index contributed by atoms with van der Waals surface area (Å²) in [5, 5.41) is -0.157. The normalized spacial score (nSPS) is 10.5. The quantitative estimate of drug-likeness (QED) is 0.275. The molecular weight excluding hydrogens is 528 g/mol. The van der Waals surface area contributed by atoms with Gasteiger partial charge in [-0.25, -0.2) is 0 Å². The van der Waals surface area contributed by atoms with Crippen molar-refractivity contribution in [1.82, 2.24) is 0 Å². The van der Waals surface area contributed by atoms with Crippen molar-refractivity contribution >= 4 is 77.4 Å². The van der Waals surface area contributed by atoms with Crippen LogP contribution >= 0.6 is 67.1 Å². The van der Waals surface area contributed by atoms with E-state index in [4.69, 9.17) is 0 Å². The van der Waals surface area contributed by atoms with Crippen molar-refractivity contribution < 1.29 is 9.59 Å². The maximum Gasteiger partial charge on any atom is 0.219 e. The van der Waals surface area contributed by atoms with E-state index in [1.54, 1.807) is 13.8 Å². The summed E-state index contributed by atoms with van der Waals surface area (Å²) in [6.07, 6.45) is 0. The van der Waals surface area contributed by atoms with Crippen molar-refractivity contribution in [3.63, 3.8) is 0 Å². The van der Waals surface area contributed by atoms with E-state index in [0.717, 1.165) is 52.1 Å². The van der Waals surface area contributed by atoms with Crippen LogP contribution in [-0.4, -0.2) is 10.2 Å². The highest BCUT2D eigenvalue weighted by Crippen LogP contribution is 2.45. The number of rotatable bonds is 6. The van der Waals surface area contributed by atoms with Crippen LogP contribution < -0.4 is 0 Å². The molecule has 0 aliphatic rings. The first-order chi connectivity index (χ1) is 12.7. The fraction of sp³-hybridized carbons (Fsp3) is 0.100. The summed E-state index contributed by atoms with van der Waals surface area (Å²) in [5.74, 6) is 0. The second-order valence-electron chi connectivity index (χ2n) is 5.58. The van der Waals surface area contributed by atoms with Crippen molar-refractivity contribution in [2.45, 2.75) is 33.4 Å². The molecule has 0 unspecified atom stereocenters. The zero-order valence-electron chi connectivity index (χ0n) is 14.7. The molecule has 0 bridgehead atoms. The Morgan fingerprint density at radius 3 is 1.48 bits per heavy atom. The minimum Gasteiger partial charge on any atom is -0.282 e. The predicted molar refractivity (Wildman–Crippen MR) is 124 cm³/mol. The van der Waals surface area contributed by atoms with Crippen LogP contribution in [0.2, 0.25) is 0 Å². The van der Waals surface area contributed by atoms with Crippen molar-refractivity contribution in [2.75, 3.05) is 0 Å². The fourth-order valence-electron chi connectivity index (χ4n) is 1.82. The van der Waals surface area contributed by atoms with Gasteiger partial charge in [0.15, 0.2) is 0 Å². The molecule has 7 heteroatoms. The van der Waals surface area contributed by atoms with E-state index in [9.17, 15) is 9.59 Å². The number of thioether (sulfide) groups is 2. The highest BCUT2D eigenvalue weighted by Gasteiger charge is 2.18. The van der Waals surface area contributed by atoms with Gasteiger partial charge in [0.1, 0.15) is 0 Å². The average molecular weight is 544 g/mol. The molecule has 0 atom stereocenters. The van der Waals surface area contributed by atoms with Crippen LogP contribution in [0.15, 0.2) is 89.2 Å². The molecule has 0 fully saturated rings. The third kappa shape index (κ3) is 6.12. The maximum absolute atomic E-state index is 12.2. The summed E-state index contributed by atoms with van der Waals surface area (Å²) in [7, 11) is 0. The number of carbonyl (C=O) groups excluding carboxylic acids is 2. The second-order valence-corrected chi connectivity index (χ2v) is 10.3. The first-order valence-corrected chi connectivity index (χ1v) is 11.7. The van der Waals surface area contributed by atoms with E-state index in [2.05, 4.69) is 45.0 Å². The van der Waals surface area contributed by atoms with Gasteiger partial charge < -0.3 is 0 Å². The molecule has 0 N–H and O–H groups in total. The third-order valence-electron chi connectivity index (χ3n) is 3.17. The Labute approximate surface area is 188 Å². The molecule has 0 aliphatic carbocycles. The first kappa shape index (κ1) is 22.6. The zero-order valence-corrected chi connectivity index (χ0v) is 20.3. The molecule has 0 heterocycles. The molecule has 0 aliphatic heterocycles. The van der Waals surface area contributed by atoms with E-state index >= 15 is 0 Å². The zero-order chi connectivity index (χ0) is 20.1. The number of benzene rings is 2. The number of hydrogen-bond donors (Lipinski definition) is 0. The molecule has 0 saturated carbocycles. The molecule has 2 nitrogen and oxygen atoms in total. The Morgan fingerprint density at radius 1 is 0.778 bits per heavy atom. The Kier molecular flexibility index (Phi) is 8.49. The maximum atomic E-state index is 12.2. The molecule has 0 saturated heterocycles. The summed E-state index contributed by atoms with van der Waals surface area (Å²) >= 11 is 10.9. The summed E-state index contributed by atoms with van der Waals surface area (Å²) in [6.45, 7) is 10.8. The van der Waals surface area contributed by atoms with Crippen LogP contribution in [0, 0.1) is 0 Å². The Morgan fingerprint density at radius 2 is 1.15 bits per heavy atom. The Hall–Kier alpha value is -0.730. The predicted octanol–water partition coefficient (Wildman–Crippen LogP) is 7.75. The Balaban J connectivity index is 2.43. The average Bonchev–Trinajstić information content (AvgIpc) is 2.60. The molecular formula is C20H16Br2O2S3. The van der Waals surface area contributed by atoms with Gasteiger partial charge >= 0.3 is 0 Å². The van der Waals surface area contributed by atoms with Gasteiger partial charge in [-0.15, -0.1) is 0 Å². The molecule has 0 aromatic heterocycles. The van der Waals surface area contributed by atoms with Crippen molar-refractivity contribution in [3.8, 4) is 0 Å². The van der Waals surface area contributed by atoms with Gasteiger partial charge in [-0.2, -0.15) is 0 Å². The lowest BCUT2D eigenvalue weighted by atomic mass is 10.4. The fourth-order valence-corrected chi connectivity index (χ4v) is 6.12.